The number of likely N-dealkylation sites (tertiary alicyclic amines) is 1. The van der Waals surface area contributed by atoms with Crippen molar-refractivity contribution in [2.45, 2.75) is 70.9 Å². The largest absolute Gasteiger partial charge is 0.493 e. The van der Waals surface area contributed by atoms with E-state index in [9.17, 15) is 19.2 Å². The van der Waals surface area contributed by atoms with Crippen LogP contribution in [0.5, 0.6) is 11.5 Å². The summed E-state index contributed by atoms with van der Waals surface area (Å²) in [5.41, 5.74) is 0.938. The van der Waals surface area contributed by atoms with Crippen LogP contribution in [0.1, 0.15) is 49.7 Å². The molecule has 0 spiro atoms. The fourth-order valence-electron chi connectivity index (χ4n) is 5.06. The lowest BCUT2D eigenvalue weighted by atomic mass is 10.0. The summed E-state index contributed by atoms with van der Waals surface area (Å²) in [6.45, 7) is 6.73. The molecule has 6 bridgehead atoms. The molecule has 0 radical (unpaired) electrons. The molecule has 4 heterocycles. The standard InChI is InChI=1S/C28H40N8O6/c1-16(2)10-21-27(39)29-13-20-15-36(34-33-20)8-9-42-23-7-6-18(11-24(23)41-5)26(38)31-19-12-22(35(4)14-19)28(40)30-17(3)25(37)32-21/h6-7,11,15-17,19,21-22H,8-10,12-14H2,1-5H3,(H,29,39)(H,30,40)(H,31,38)(H,32,37)/t17-,19+,21-,22+/m1/s1. The number of hydrogen-bond acceptors (Lipinski definition) is 9. The molecule has 1 aromatic heterocycles. The van der Waals surface area contributed by atoms with E-state index >= 15 is 0 Å². The highest BCUT2D eigenvalue weighted by Gasteiger charge is 2.36. The Balaban J connectivity index is 1.55. The molecule has 228 valence electrons. The Labute approximate surface area is 244 Å². The van der Waals surface area contributed by atoms with E-state index in [1.54, 1.807) is 43.0 Å². The molecular weight excluding hydrogens is 544 g/mol. The lowest BCUT2D eigenvalue weighted by molar-refractivity contribution is -0.133. The molecule has 42 heavy (non-hydrogen) atoms. The third-order valence-corrected chi connectivity index (χ3v) is 7.31. The summed E-state index contributed by atoms with van der Waals surface area (Å²) in [6, 6.07) is 2.45. The molecule has 0 aliphatic carbocycles. The summed E-state index contributed by atoms with van der Waals surface area (Å²) in [5, 5.41) is 19.5. The number of methoxy groups -OCH3 is 1. The van der Waals surface area contributed by atoms with E-state index < -0.39 is 24.0 Å². The lowest BCUT2D eigenvalue weighted by Gasteiger charge is -2.24. The van der Waals surface area contributed by atoms with Crippen molar-refractivity contribution in [2.75, 3.05) is 27.3 Å². The normalized spacial score (nSPS) is 24.7. The molecule has 1 fully saturated rings. The van der Waals surface area contributed by atoms with Crippen molar-refractivity contribution in [3.63, 3.8) is 0 Å². The molecule has 4 amide bonds. The third-order valence-electron chi connectivity index (χ3n) is 7.31. The van der Waals surface area contributed by atoms with Gasteiger partial charge in [-0.2, -0.15) is 0 Å². The maximum atomic E-state index is 13.1. The van der Waals surface area contributed by atoms with Crippen molar-refractivity contribution in [1.82, 2.24) is 41.2 Å². The molecule has 0 unspecified atom stereocenters. The second-order valence-electron chi connectivity index (χ2n) is 11.2. The minimum absolute atomic E-state index is 0.128. The SMILES string of the molecule is COc1cc2ccc1OCCn1cc(nn1)CNC(=O)[C@@H](CC(C)C)NC(=O)[C@@H](C)NC(=O)[C@@H]1C[C@@H](CN1C)NC2=O. The Hall–Kier alpha value is -4.20. The molecule has 0 saturated carbocycles. The summed E-state index contributed by atoms with van der Waals surface area (Å²) in [7, 11) is 3.29. The molecule has 3 aliphatic rings. The highest BCUT2D eigenvalue weighted by Crippen LogP contribution is 2.28. The molecule has 3 aliphatic heterocycles. The predicted molar refractivity (Wildman–Crippen MR) is 152 cm³/mol. The van der Waals surface area contributed by atoms with Crippen LogP contribution >= 0.6 is 0 Å². The van der Waals surface area contributed by atoms with Gasteiger partial charge < -0.3 is 30.7 Å². The smallest absolute Gasteiger partial charge is 0.251 e. The van der Waals surface area contributed by atoms with Crippen molar-refractivity contribution in [3.8, 4) is 11.5 Å². The Morgan fingerprint density at radius 1 is 1.10 bits per heavy atom. The van der Waals surface area contributed by atoms with Crippen LogP contribution in [0.4, 0.5) is 0 Å². The van der Waals surface area contributed by atoms with E-state index in [0.717, 1.165) is 0 Å². The number of carbonyl (C=O) groups is 4. The van der Waals surface area contributed by atoms with Gasteiger partial charge in [-0.25, -0.2) is 4.68 Å². The van der Waals surface area contributed by atoms with Crippen LogP contribution in [-0.4, -0.2) is 95.0 Å². The zero-order valence-corrected chi connectivity index (χ0v) is 24.7. The van der Waals surface area contributed by atoms with Gasteiger partial charge in [0, 0.05) is 18.2 Å². The molecular formula is C28H40N8O6. The van der Waals surface area contributed by atoms with E-state index in [0.29, 0.717) is 48.7 Å². The average Bonchev–Trinajstić information content (AvgIpc) is 3.56. The molecule has 2 aromatic rings. The Kier molecular flexibility index (Phi) is 9.99. The number of fused-ring (bicyclic) bond motifs is 13. The fraction of sp³-hybridized carbons (Fsp3) is 0.571. The number of nitrogens with one attached hydrogen (secondary N) is 4. The first-order valence-corrected chi connectivity index (χ1v) is 14.1. The van der Waals surface area contributed by atoms with Gasteiger partial charge in [-0.15, -0.1) is 5.10 Å². The zero-order chi connectivity index (χ0) is 30.4. The number of aromatic nitrogens is 3. The van der Waals surface area contributed by atoms with Gasteiger partial charge in [-0.3, -0.25) is 24.1 Å². The van der Waals surface area contributed by atoms with Crippen molar-refractivity contribution in [3.05, 3.63) is 35.7 Å². The topological polar surface area (TPSA) is 169 Å². The van der Waals surface area contributed by atoms with E-state index in [-0.39, 0.29) is 42.8 Å². The van der Waals surface area contributed by atoms with Gasteiger partial charge in [0.1, 0.15) is 24.4 Å². The Morgan fingerprint density at radius 3 is 2.62 bits per heavy atom. The maximum absolute atomic E-state index is 13.1. The second-order valence-corrected chi connectivity index (χ2v) is 11.2. The molecule has 14 nitrogen and oxygen atoms in total. The van der Waals surface area contributed by atoms with Crippen molar-refractivity contribution in [2.24, 2.45) is 5.92 Å². The van der Waals surface area contributed by atoms with Gasteiger partial charge in [0.15, 0.2) is 11.5 Å². The number of benzene rings is 1. The lowest BCUT2D eigenvalue weighted by Crippen LogP contribution is -2.55. The van der Waals surface area contributed by atoms with E-state index in [1.807, 2.05) is 18.7 Å². The van der Waals surface area contributed by atoms with E-state index in [1.165, 1.54) is 7.11 Å². The van der Waals surface area contributed by atoms with Crippen molar-refractivity contribution >= 4 is 23.6 Å². The van der Waals surface area contributed by atoms with Gasteiger partial charge in [0.05, 0.1) is 32.4 Å². The zero-order valence-electron chi connectivity index (χ0n) is 24.7. The number of nitrogens with zero attached hydrogens (tertiary/aromatic N) is 4. The quantitative estimate of drug-likeness (QED) is 0.358. The van der Waals surface area contributed by atoms with Crippen LogP contribution in [0.15, 0.2) is 24.4 Å². The average molecular weight is 585 g/mol. The van der Waals surface area contributed by atoms with Crippen LogP contribution in [0, 0.1) is 5.92 Å². The summed E-state index contributed by atoms with van der Waals surface area (Å²) >= 11 is 0. The predicted octanol–water partition coefficient (Wildman–Crippen LogP) is -0.166. The minimum atomic E-state index is -0.874. The number of hydrogen-bond donors (Lipinski definition) is 4. The molecule has 4 N–H and O–H groups in total. The molecule has 1 aromatic carbocycles. The first kappa shape index (κ1) is 30.8. The molecule has 1 saturated heterocycles. The van der Waals surface area contributed by atoms with Gasteiger partial charge in [-0.1, -0.05) is 19.1 Å². The van der Waals surface area contributed by atoms with Crippen molar-refractivity contribution < 1.29 is 28.7 Å². The Bertz CT molecular complexity index is 1300. The van der Waals surface area contributed by atoms with Crippen LogP contribution in [0.2, 0.25) is 0 Å². The second kappa shape index (κ2) is 13.6. The molecule has 4 atom stereocenters. The minimum Gasteiger partial charge on any atom is -0.493 e. The summed E-state index contributed by atoms with van der Waals surface area (Å²) < 4.78 is 12.9. The highest BCUT2D eigenvalue weighted by molar-refractivity contribution is 5.95. The van der Waals surface area contributed by atoms with Crippen molar-refractivity contribution in [1.29, 1.82) is 0 Å². The number of ether oxygens (including phenoxy) is 2. The monoisotopic (exact) mass is 584 g/mol. The summed E-state index contributed by atoms with van der Waals surface area (Å²) in [4.78, 5) is 54.1. The number of rotatable bonds is 3. The van der Waals surface area contributed by atoms with Gasteiger partial charge in [0.25, 0.3) is 5.91 Å². The first-order chi connectivity index (χ1) is 20.0. The van der Waals surface area contributed by atoms with Crippen LogP contribution < -0.4 is 30.7 Å². The molecule has 14 heteroatoms. The maximum Gasteiger partial charge on any atom is 0.251 e. The van der Waals surface area contributed by atoms with E-state index in [4.69, 9.17) is 9.47 Å². The van der Waals surface area contributed by atoms with Gasteiger partial charge in [0.2, 0.25) is 17.7 Å². The molecule has 5 rings (SSSR count). The number of carbonyl (C=O) groups excluding carboxylic acids is 4. The number of likely N-dealkylation sites (N-methyl/N-ethyl adjacent to an activating group) is 1. The van der Waals surface area contributed by atoms with Gasteiger partial charge >= 0.3 is 0 Å². The first-order valence-electron chi connectivity index (χ1n) is 14.1. The highest BCUT2D eigenvalue weighted by atomic mass is 16.5. The van der Waals surface area contributed by atoms with E-state index in [2.05, 4.69) is 31.6 Å². The van der Waals surface area contributed by atoms with Gasteiger partial charge in [-0.05, 0) is 50.9 Å². The van der Waals surface area contributed by atoms with Crippen LogP contribution in [-0.2, 0) is 27.5 Å². The van der Waals surface area contributed by atoms with Crippen LogP contribution in [0.25, 0.3) is 0 Å². The van der Waals surface area contributed by atoms with Crippen LogP contribution in [0.3, 0.4) is 0 Å². The summed E-state index contributed by atoms with van der Waals surface area (Å²) in [5.74, 6) is -0.440. The third kappa shape index (κ3) is 7.75. The Morgan fingerprint density at radius 2 is 1.88 bits per heavy atom. The fourth-order valence-corrected chi connectivity index (χ4v) is 5.06. The number of amides is 4. The summed E-state index contributed by atoms with van der Waals surface area (Å²) in [6.07, 6.45) is 2.49.